The van der Waals surface area contributed by atoms with Gasteiger partial charge in [-0.2, -0.15) is 0 Å². The van der Waals surface area contributed by atoms with Crippen LogP contribution in [0.3, 0.4) is 0 Å². The van der Waals surface area contributed by atoms with Crippen LogP contribution in [0.5, 0.6) is 0 Å². The van der Waals surface area contributed by atoms with E-state index in [0.717, 1.165) is 33.7 Å². The van der Waals surface area contributed by atoms with Gasteiger partial charge in [0.2, 0.25) is 0 Å². The Bertz CT molecular complexity index is 2010. The van der Waals surface area contributed by atoms with E-state index in [4.69, 9.17) is 9.40 Å². The molecule has 2 nitrogen and oxygen atoms in total. The third-order valence-electron chi connectivity index (χ3n) is 8.47. The number of nitrogens with zero attached hydrogens (tertiary/aromatic N) is 1. The lowest BCUT2D eigenvalue weighted by Crippen LogP contribution is -2.15. The molecule has 0 bridgehead atoms. The van der Waals surface area contributed by atoms with Crippen molar-refractivity contribution in [1.82, 2.24) is 4.98 Å². The van der Waals surface area contributed by atoms with E-state index >= 15 is 0 Å². The summed E-state index contributed by atoms with van der Waals surface area (Å²) in [5, 5.41) is 2.35. The van der Waals surface area contributed by atoms with Gasteiger partial charge in [-0.3, -0.25) is 0 Å². The Morgan fingerprint density at radius 2 is 1.12 bits per heavy atom. The van der Waals surface area contributed by atoms with E-state index in [-0.39, 0.29) is 5.41 Å². The van der Waals surface area contributed by atoms with Gasteiger partial charge < -0.3 is 4.42 Å². The lowest BCUT2D eigenvalue weighted by Gasteiger charge is -2.22. The number of hydrogen-bond acceptors (Lipinski definition) is 2. The maximum atomic E-state index is 6.25. The Balaban J connectivity index is 1.30. The average Bonchev–Trinajstić information content (AvgIpc) is 3.48. The predicted octanol–water partition coefficient (Wildman–Crippen LogP) is 10.3. The standard InChI is InChI=1S/C38H27NO/c1-38(2)32-19-26(17-18-28(32)30-23-37-31(22-33(30)38)29-15-9-10-16-36(29)40-37)35-21-27(24-11-5-3-6-12-24)20-34(39-35)25-13-7-4-8-14-25/h3-23H,1-2H3. The molecule has 2 heteroatoms. The van der Waals surface area contributed by atoms with Gasteiger partial charge in [0.25, 0.3) is 0 Å². The van der Waals surface area contributed by atoms with Crippen LogP contribution in [-0.2, 0) is 5.41 Å². The fourth-order valence-electron chi connectivity index (χ4n) is 6.34. The molecule has 7 aromatic rings. The van der Waals surface area contributed by atoms with Crippen LogP contribution in [0.4, 0.5) is 0 Å². The van der Waals surface area contributed by atoms with Gasteiger partial charge in [0, 0.05) is 27.3 Å². The van der Waals surface area contributed by atoms with E-state index in [2.05, 4.69) is 123 Å². The first-order valence-corrected chi connectivity index (χ1v) is 13.8. The topological polar surface area (TPSA) is 26.0 Å². The predicted molar refractivity (Wildman–Crippen MR) is 165 cm³/mol. The number of hydrogen-bond donors (Lipinski definition) is 0. The summed E-state index contributed by atoms with van der Waals surface area (Å²) in [5.41, 5.74) is 13.5. The lowest BCUT2D eigenvalue weighted by molar-refractivity contribution is 0.658. The van der Waals surface area contributed by atoms with E-state index < -0.39 is 0 Å². The number of pyridine rings is 1. The van der Waals surface area contributed by atoms with Crippen LogP contribution in [0.1, 0.15) is 25.0 Å². The zero-order chi connectivity index (χ0) is 26.8. The minimum absolute atomic E-state index is 0.146. The first kappa shape index (κ1) is 23.0. The largest absolute Gasteiger partial charge is 0.456 e. The summed E-state index contributed by atoms with van der Waals surface area (Å²) in [6.45, 7) is 4.66. The van der Waals surface area contributed by atoms with Crippen LogP contribution >= 0.6 is 0 Å². The molecule has 0 saturated carbocycles. The third kappa shape index (κ3) is 3.46. The molecule has 0 unspecified atom stereocenters. The number of fused-ring (bicyclic) bond motifs is 6. The van der Waals surface area contributed by atoms with Gasteiger partial charge in [-0.15, -0.1) is 0 Å². The van der Waals surface area contributed by atoms with E-state index in [0.29, 0.717) is 0 Å². The number of rotatable bonds is 3. The van der Waals surface area contributed by atoms with E-state index in [1.807, 2.05) is 18.2 Å². The summed E-state index contributed by atoms with van der Waals surface area (Å²) in [4.78, 5) is 5.18. The monoisotopic (exact) mass is 513 g/mol. The Kier molecular flexibility index (Phi) is 4.90. The summed E-state index contributed by atoms with van der Waals surface area (Å²) in [6.07, 6.45) is 0. The molecular weight excluding hydrogens is 486 g/mol. The van der Waals surface area contributed by atoms with Crippen molar-refractivity contribution >= 4 is 21.9 Å². The van der Waals surface area contributed by atoms with Crippen molar-refractivity contribution in [2.75, 3.05) is 0 Å². The van der Waals surface area contributed by atoms with Crippen LogP contribution < -0.4 is 0 Å². The SMILES string of the molecule is CC1(C)c2cc(-c3cc(-c4ccccc4)cc(-c4ccccc4)n3)ccc2-c2cc3oc4ccccc4c3cc21. The number of para-hydroxylation sites is 1. The van der Waals surface area contributed by atoms with Crippen molar-refractivity contribution in [3.05, 3.63) is 139 Å². The van der Waals surface area contributed by atoms with E-state index in [9.17, 15) is 0 Å². The molecule has 0 amide bonds. The quantitative estimate of drug-likeness (QED) is 0.235. The van der Waals surface area contributed by atoms with Crippen molar-refractivity contribution in [3.8, 4) is 44.8 Å². The summed E-state index contributed by atoms with van der Waals surface area (Å²) in [7, 11) is 0. The molecule has 1 aliphatic rings. The van der Waals surface area contributed by atoms with Gasteiger partial charge in [-0.05, 0) is 69.8 Å². The molecule has 0 atom stereocenters. The fourth-order valence-corrected chi connectivity index (χ4v) is 6.34. The zero-order valence-electron chi connectivity index (χ0n) is 22.5. The third-order valence-corrected chi connectivity index (χ3v) is 8.47. The first-order valence-electron chi connectivity index (χ1n) is 13.8. The van der Waals surface area contributed by atoms with Crippen LogP contribution in [0.15, 0.2) is 132 Å². The first-order chi connectivity index (χ1) is 19.6. The van der Waals surface area contributed by atoms with E-state index in [1.54, 1.807) is 0 Å². The van der Waals surface area contributed by atoms with E-state index in [1.165, 1.54) is 44.2 Å². The Labute approximate surface area is 233 Å². The highest BCUT2D eigenvalue weighted by molar-refractivity contribution is 6.07. The van der Waals surface area contributed by atoms with Gasteiger partial charge in [-0.1, -0.05) is 105 Å². The van der Waals surface area contributed by atoms with Gasteiger partial charge in [-0.25, -0.2) is 4.98 Å². The van der Waals surface area contributed by atoms with Gasteiger partial charge in [0.15, 0.2) is 0 Å². The highest BCUT2D eigenvalue weighted by Crippen LogP contribution is 2.51. The Hall–Kier alpha value is -4.95. The van der Waals surface area contributed by atoms with Gasteiger partial charge >= 0.3 is 0 Å². The van der Waals surface area contributed by atoms with Gasteiger partial charge in [0.1, 0.15) is 11.2 Å². The molecule has 2 heterocycles. The van der Waals surface area contributed by atoms with Gasteiger partial charge in [0.05, 0.1) is 11.4 Å². The smallest absolute Gasteiger partial charge is 0.136 e. The number of benzene rings is 5. The maximum absolute atomic E-state index is 6.25. The lowest BCUT2D eigenvalue weighted by atomic mass is 9.81. The molecule has 0 aliphatic heterocycles. The Morgan fingerprint density at radius 1 is 0.475 bits per heavy atom. The molecule has 190 valence electrons. The highest BCUT2D eigenvalue weighted by atomic mass is 16.3. The molecule has 0 fully saturated rings. The second-order valence-electron chi connectivity index (χ2n) is 11.2. The molecule has 8 rings (SSSR count). The maximum Gasteiger partial charge on any atom is 0.136 e. The summed E-state index contributed by atoms with van der Waals surface area (Å²) in [5.74, 6) is 0. The van der Waals surface area contributed by atoms with Crippen LogP contribution in [0.2, 0.25) is 0 Å². The molecule has 0 N–H and O–H groups in total. The average molecular weight is 514 g/mol. The van der Waals surface area contributed by atoms with Crippen LogP contribution in [0, 0.1) is 0 Å². The van der Waals surface area contributed by atoms with Crippen LogP contribution in [0.25, 0.3) is 66.7 Å². The second kappa shape index (κ2) is 8.53. The molecule has 0 radical (unpaired) electrons. The van der Waals surface area contributed by atoms with Crippen molar-refractivity contribution in [2.45, 2.75) is 19.3 Å². The Morgan fingerprint density at radius 3 is 1.90 bits per heavy atom. The van der Waals surface area contributed by atoms with Crippen LogP contribution in [-0.4, -0.2) is 4.98 Å². The highest BCUT2D eigenvalue weighted by Gasteiger charge is 2.36. The minimum atomic E-state index is -0.146. The molecule has 1 aliphatic carbocycles. The molecule has 0 saturated heterocycles. The summed E-state index contributed by atoms with van der Waals surface area (Å²) in [6, 6.07) is 45.1. The van der Waals surface area contributed by atoms with Crippen molar-refractivity contribution in [1.29, 1.82) is 0 Å². The molecular formula is C38H27NO. The normalized spacial score (nSPS) is 13.4. The number of furan rings is 1. The second-order valence-corrected chi connectivity index (χ2v) is 11.2. The fraction of sp³-hybridized carbons (Fsp3) is 0.0789. The summed E-state index contributed by atoms with van der Waals surface area (Å²) < 4.78 is 6.25. The summed E-state index contributed by atoms with van der Waals surface area (Å²) >= 11 is 0. The van der Waals surface area contributed by atoms with Crippen molar-refractivity contribution in [2.24, 2.45) is 0 Å². The van der Waals surface area contributed by atoms with Crippen molar-refractivity contribution in [3.63, 3.8) is 0 Å². The molecule has 40 heavy (non-hydrogen) atoms. The molecule has 0 spiro atoms. The molecule has 5 aromatic carbocycles. The number of aromatic nitrogens is 1. The molecule has 2 aromatic heterocycles. The minimum Gasteiger partial charge on any atom is -0.456 e. The zero-order valence-corrected chi connectivity index (χ0v) is 22.5. The van der Waals surface area contributed by atoms with Crippen molar-refractivity contribution < 1.29 is 4.42 Å².